The summed E-state index contributed by atoms with van der Waals surface area (Å²) < 4.78 is 5.37. The predicted molar refractivity (Wildman–Crippen MR) is 93.5 cm³/mol. The van der Waals surface area contributed by atoms with Crippen LogP contribution in [0.4, 0.5) is 4.79 Å². The zero-order chi connectivity index (χ0) is 17.3. The molecule has 4 heteroatoms. The summed E-state index contributed by atoms with van der Waals surface area (Å²) >= 11 is 0. The summed E-state index contributed by atoms with van der Waals surface area (Å²) in [6.45, 7) is 8.99. The SMILES string of the molecule is CCCCCCCCCC(=O)C1CCN(C(=O)OC(C)(C)C)C1. The molecule has 1 aliphatic rings. The smallest absolute Gasteiger partial charge is 0.410 e. The number of ether oxygens (including phenoxy) is 1. The lowest BCUT2D eigenvalue weighted by Gasteiger charge is -2.24. The van der Waals surface area contributed by atoms with Crippen LogP contribution >= 0.6 is 0 Å². The Morgan fingerprint density at radius 2 is 1.65 bits per heavy atom. The summed E-state index contributed by atoms with van der Waals surface area (Å²) in [6, 6.07) is 0. The molecule has 1 fully saturated rings. The van der Waals surface area contributed by atoms with Gasteiger partial charge in [0.05, 0.1) is 0 Å². The lowest BCUT2D eigenvalue weighted by molar-refractivity contribution is -0.122. The molecule has 0 spiro atoms. The van der Waals surface area contributed by atoms with Gasteiger partial charge in [0.15, 0.2) is 0 Å². The Balaban J connectivity index is 2.17. The Labute approximate surface area is 141 Å². The minimum atomic E-state index is -0.475. The molecule has 1 atom stereocenters. The maximum Gasteiger partial charge on any atom is 0.410 e. The molecule has 1 saturated heterocycles. The van der Waals surface area contributed by atoms with Crippen LogP contribution in [0.15, 0.2) is 0 Å². The fourth-order valence-electron chi connectivity index (χ4n) is 2.98. The largest absolute Gasteiger partial charge is 0.444 e. The molecule has 1 aliphatic heterocycles. The maximum absolute atomic E-state index is 12.3. The van der Waals surface area contributed by atoms with E-state index in [-0.39, 0.29) is 12.0 Å². The standard InChI is InChI=1S/C19H35NO3/c1-5-6-7-8-9-10-11-12-17(21)16-13-14-20(15-16)18(22)23-19(2,3)4/h16H,5-15H2,1-4H3. The van der Waals surface area contributed by atoms with E-state index in [1.54, 1.807) is 4.90 Å². The number of carbonyl (C=O) groups is 2. The van der Waals surface area contributed by atoms with Gasteiger partial charge in [-0.05, 0) is 33.6 Å². The van der Waals surface area contributed by atoms with Crippen molar-refractivity contribution in [3.8, 4) is 0 Å². The fraction of sp³-hybridized carbons (Fsp3) is 0.895. The van der Waals surface area contributed by atoms with Crippen LogP contribution in [-0.4, -0.2) is 35.5 Å². The third kappa shape index (κ3) is 8.38. The molecule has 1 unspecified atom stereocenters. The molecular formula is C19H35NO3. The zero-order valence-electron chi connectivity index (χ0n) is 15.5. The number of amides is 1. The first kappa shape index (κ1) is 20.0. The third-order valence-electron chi connectivity index (χ3n) is 4.32. The summed E-state index contributed by atoms with van der Waals surface area (Å²) in [7, 11) is 0. The molecule has 0 N–H and O–H groups in total. The van der Waals surface area contributed by atoms with Gasteiger partial charge in [0.1, 0.15) is 11.4 Å². The van der Waals surface area contributed by atoms with E-state index in [2.05, 4.69) is 6.92 Å². The normalized spacial score (nSPS) is 18.3. The number of ketones is 1. The van der Waals surface area contributed by atoms with Crippen molar-refractivity contribution >= 4 is 11.9 Å². The van der Waals surface area contributed by atoms with Gasteiger partial charge in [0, 0.05) is 25.4 Å². The first-order chi connectivity index (χ1) is 10.8. The second-order valence-corrected chi connectivity index (χ2v) is 7.75. The molecule has 0 radical (unpaired) electrons. The topological polar surface area (TPSA) is 46.6 Å². The molecule has 23 heavy (non-hydrogen) atoms. The second kappa shape index (κ2) is 9.94. The summed E-state index contributed by atoms with van der Waals surface area (Å²) in [5, 5.41) is 0. The lowest BCUT2D eigenvalue weighted by atomic mass is 9.98. The van der Waals surface area contributed by atoms with Crippen molar-refractivity contribution < 1.29 is 14.3 Å². The Morgan fingerprint density at radius 1 is 1.04 bits per heavy atom. The highest BCUT2D eigenvalue weighted by Gasteiger charge is 2.32. The van der Waals surface area contributed by atoms with E-state index in [1.807, 2.05) is 20.8 Å². The lowest BCUT2D eigenvalue weighted by Crippen LogP contribution is -2.35. The molecule has 4 nitrogen and oxygen atoms in total. The van der Waals surface area contributed by atoms with E-state index in [4.69, 9.17) is 4.74 Å². The number of Topliss-reactive ketones (excluding diaryl/α,β-unsaturated/α-hetero) is 1. The van der Waals surface area contributed by atoms with Crippen molar-refractivity contribution in [2.24, 2.45) is 5.92 Å². The van der Waals surface area contributed by atoms with E-state index in [9.17, 15) is 9.59 Å². The van der Waals surface area contributed by atoms with Crippen molar-refractivity contribution in [1.82, 2.24) is 4.90 Å². The number of nitrogens with zero attached hydrogens (tertiary/aromatic N) is 1. The van der Waals surface area contributed by atoms with Gasteiger partial charge < -0.3 is 9.64 Å². The van der Waals surface area contributed by atoms with Gasteiger partial charge in [-0.2, -0.15) is 0 Å². The number of hydrogen-bond acceptors (Lipinski definition) is 3. The molecule has 0 aromatic carbocycles. The molecule has 0 saturated carbocycles. The summed E-state index contributed by atoms with van der Waals surface area (Å²) in [6.07, 6.45) is 9.75. The van der Waals surface area contributed by atoms with E-state index in [0.29, 0.717) is 25.3 Å². The van der Waals surface area contributed by atoms with Crippen LogP contribution in [0.5, 0.6) is 0 Å². The van der Waals surface area contributed by atoms with Gasteiger partial charge in [-0.3, -0.25) is 4.79 Å². The van der Waals surface area contributed by atoms with Crippen molar-refractivity contribution in [2.45, 2.75) is 91.1 Å². The highest BCUT2D eigenvalue weighted by Crippen LogP contribution is 2.22. The predicted octanol–water partition coefficient (Wildman–Crippen LogP) is 4.95. The summed E-state index contributed by atoms with van der Waals surface area (Å²) in [5.74, 6) is 0.340. The minimum absolute atomic E-state index is 0.0163. The van der Waals surface area contributed by atoms with Crippen LogP contribution in [0.2, 0.25) is 0 Å². The van der Waals surface area contributed by atoms with Gasteiger partial charge in [-0.25, -0.2) is 4.79 Å². The minimum Gasteiger partial charge on any atom is -0.444 e. The van der Waals surface area contributed by atoms with Crippen LogP contribution in [0, 0.1) is 5.92 Å². The molecule has 134 valence electrons. The van der Waals surface area contributed by atoms with Crippen LogP contribution in [0.1, 0.15) is 85.5 Å². The number of carbonyl (C=O) groups excluding carboxylic acids is 2. The molecule has 1 rings (SSSR count). The summed E-state index contributed by atoms with van der Waals surface area (Å²) in [5.41, 5.74) is -0.475. The van der Waals surface area contributed by atoms with E-state index in [1.165, 1.54) is 32.1 Å². The van der Waals surface area contributed by atoms with Crippen molar-refractivity contribution in [3.63, 3.8) is 0 Å². The molecule has 0 aromatic heterocycles. The van der Waals surface area contributed by atoms with Gasteiger partial charge >= 0.3 is 6.09 Å². The molecule has 0 aromatic rings. The number of likely N-dealkylation sites (tertiary alicyclic amines) is 1. The quantitative estimate of drug-likeness (QED) is 0.563. The average molecular weight is 325 g/mol. The number of rotatable bonds is 9. The van der Waals surface area contributed by atoms with Crippen molar-refractivity contribution in [1.29, 1.82) is 0 Å². The van der Waals surface area contributed by atoms with Gasteiger partial charge in [-0.1, -0.05) is 45.4 Å². The third-order valence-corrected chi connectivity index (χ3v) is 4.32. The van der Waals surface area contributed by atoms with Crippen LogP contribution in [0.25, 0.3) is 0 Å². The van der Waals surface area contributed by atoms with Crippen LogP contribution in [0.3, 0.4) is 0 Å². The molecule has 0 bridgehead atoms. The molecule has 1 amide bonds. The Bertz CT molecular complexity index is 373. The zero-order valence-corrected chi connectivity index (χ0v) is 15.5. The van der Waals surface area contributed by atoms with Gasteiger partial charge in [-0.15, -0.1) is 0 Å². The number of hydrogen-bond donors (Lipinski definition) is 0. The van der Waals surface area contributed by atoms with Crippen LogP contribution < -0.4 is 0 Å². The second-order valence-electron chi connectivity index (χ2n) is 7.75. The van der Waals surface area contributed by atoms with E-state index in [0.717, 1.165) is 19.3 Å². The monoisotopic (exact) mass is 325 g/mol. The first-order valence-corrected chi connectivity index (χ1v) is 9.34. The Kier molecular flexibility index (Phi) is 8.64. The Morgan fingerprint density at radius 3 is 2.26 bits per heavy atom. The van der Waals surface area contributed by atoms with Crippen LogP contribution in [-0.2, 0) is 9.53 Å². The van der Waals surface area contributed by atoms with E-state index >= 15 is 0 Å². The van der Waals surface area contributed by atoms with Gasteiger partial charge in [0.25, 0.3) is 0 Å². The Hall–Kier alpha value is -1.06. The average Bonchev–Trinajstić information content (AvgIpc) is 2.94. The molecule has 0 aliphatic carbocycles. The van der Waals surface area contributed by atoms with Crippen molar-refractivity contribution in [3.05, 3.63) is 0 Å². The molecule has 1 heterocycles. The highest BCUT2D eigenvalue weighted by molar-refractivity contribution is 5.82. The summed E-state index contributed by atoms with van der Waals surface area (Å²) in [4.78, 5) is 25.9. The highest BCUT2D eigenvalue weighted by atomic mass is 16.6. The maximum atomic E-state index is 12.3. The first-order valence-electron chi connectivity index (χ1n) is 9.34. The fourth-order valence-corrected chi connectivity index (χ4v) is 2.98. The molecular weight excluding hydrogens is 290 g/mol. The van der Waals surface area contributed by atoms with E-state index < -0.39 is 5.60 Å². The van der Waals surface area contributed by atoms with Gasteiger partial charge in [0.2, 0.25) is 0 Å². The van der Waals surface area contributed by atoms with Crippen molar-refractivity contribution in [2.75, 3.05) is 13.1 Å². The number of unbranched alkanes of at least 4 members (excludes halogenated alkanes) is 6.